The van der Waals surface area contributed by atoms with Crippen LogP contribution < -0.4 is 20.3 Å². The van der Waals surface area contributed by atoms with Gasteiger partial charge in [0, 0.05) is 30.7 Å². The summed E-state index contributed by atoms with van der Waals surface area (Å²) in [7, 11) is 1.68. The Bertz CT molecular complexity index is 739. The first-order chi connectivity index (χ1) is 12.7. The fourth-order valence-electron chi connectivity index (χ4n) is 3.08. The van der Waals surface area contributed by atoms with Crippen molar-refractivity contribution < 1.29 is 9.15 Å². The molecular weight excluding hydrogens is 479 g/mol. The van der Waals surface area contributed by atoms with E-state index in [1.54, 1.807) is 13.4 Å². The number of guanidine groups is 1. The minimum atomic E-state index is 0. The number of halogens is 2. The van der Waals surface area contributed by atoms with Gasteiger partial charge in [0.25, 0.3) is 0 Å². The SMILES string of the molecule is CCNC(=NCc1ccco1)NC1CCN(c2cc(Cl)ccc2OC)C1.I. The van der Waals surface area contributed by atoms with E-state index in [-0.39, 0.29) is 24.0 Å². The first kappa shape index (κ1) is 21.7. The molecule has 0 spiro atoms. The summed E-state index contributed by atoms with van der Waals surface area (Å²) in [5, 5.41) is 7.52. The van der Waals surface area contributed by atoms with Crippen LogP contribution in [0.1, 0.15) is 19.1 Å². The van der Waals surface area contributed by atoms with Crippen molar-refractivity contribution in [3.8, 4) is 5.75 Å². The van der Waals surface area contributed by atoms with Gasteiger partial charge in [-0.15, -0.1) is 24.0 Å². The van der Waals surface area contributed by atoms with Crippen LogP contribution in [-0.4, -0.2) is 38.7 Å². The van der Waals surface area contributed by atoms with Crippen LogP contribution >= 0.6 is 35.6 Å². The zero-order chi connectivity index (χ0) is 18.4. The predicted molar refractivity (Wildman–Crippen MR) is 121 cm³/mol. The quantitative estimate of drug-likeness (QED) is 0.355. The molecule has 0 saturated carbocycles. The van der Waals surface area contributed by atoms with Gasteiger partial charge in [-0.1, -0.05) is 11.6 Å². The van der Waals surface area contributed by atoms with Gasteiger partial charge >= 0.3 is 0 Å². The summed E-state index contributed by atoms with van der Waals surface area (Å²) in [5.41, 5.74) is 1.03. The van der Waals surface area contributed by atoms with Gasteiger partial charge in [0.1, 0.15) is 18.1 Å². The normalized spacial score (nSPS) is 16.8. The smallest absolute Gasteiger partial charge is 0.191 e. The Kier molecular flexibility index (Phi) is 8.56. The van der Waals surface area contributed by atoms with Crippen molar-refractivity contribution >= 4 is 47.2 Å². The number of ether oxygens (including phenoxy) is 1. The van der Waals surface area contributed by atoms with Crippen molar-refractivity contribution in [3.05, 3.63) is 47.4 Å². The van der Waals surface area contributed by atoms with Crippen LogP contribution in [-0.2, 0) is 6.54 Å². The third-order valence-corrected chi connectivity index (χ3v) is 4.56. The number of benzene rings is 1. The van der Waals surface area contributed by atoms with Crippen LogP contribution in [0.2, 0.25) is 5.02 Å². The molecular formula is C19H26ClIN4O2. The number of nitrogens with zero attached hydrogens (tertiary/aromatic N) is 2. The highest BCUT2D eigenvalue weighted by Gasteiger charge is 2.25. The first-order valence-electron chi connectivity index (χ1n) is 8.85. The van der Waals surface area contributed by atoms with Crippen LogP contribution in [0.4, 0.5) is 5.69 Å². The summed E-state index contributed by atoms with van der Waals surface area (Å²) < 4.78 is 10.8. The molecule has 6 nitrogen and oxygen atoms in total. The van der Waals surface area contributed by atoms with E-state index < -0.39 is 0 Å². The summed E-state index contributed by atoms with van der Waals surface area (Å²) in [6.45, 7) is 5.18. The van der Waals surface area contributed by atoms with Crippen molar-refractivity contribution in [3.63, 3.8) is 0 Å². The zero-order valence-corrected chi connectivity index (χ0v) is 18.7. The van der Waals surface area contributed by atoms with Crippen molar-refractivity contribution in [2.75, 3.05) is 31.6 Å². The van der Waals surface area contributed by atoms with Crippen LogP contribution in [0.5, 0.6) is 5.75 Å². The maximum atomic E-state index is 6.17. The summed E-state index contributed by atoms with van der Waals surface area (Å²) in [5.74, 6) is 2.49. The lowest BCUT2D eigenvalue weighted by atomic mass is 10.2. The Hall–Kier alpha value is -1.61. The average molecular weight is 505 g/mol. The van der Waals surface area contributed by atoms with Gasteiger partial charge in [-0.2, -0.15) is 0 Å². The Balaban J connectivity index is 0.00000261. The lowest BCUT2D eigenvalue weighted by Crippen LogP contribution is -2.44. The minimum Gasteiger partial charge on any atom is -0.495 e. The van der Waals surface area contributed by atoms with Gasteiger partial charge in [0.15, 0.2) is 5.96 Å². The molecule has 0 bridgehead atoms. The number of hydrogen-bond donors (Lipinski definition) is 2. The molecule has 1 aliphatic heterocycles. The predicted octanol–water partition coefficient (Wildman–Crippen LogP) is 3.89. The Morgan fingerprint density at radius 1 is 1.41 bits per heavy atom. The third-order valence-electron chi connectivity index (χ3n) is 4.33. The maximum absolute atomic E-state index is 6.17. The molecule has 0 amide bonds. The van der Waals surface area contributed by atoms with Crippen molar-refractivity contribution in [1.82, 2.24) is 10.6 Å². The highest BCUT2D eigenvalue weighted by Crippen LogP contribution is 2.33. The Labute approximate surface area is 182 Å². The molecule has 8 heteroatoms. The summed E-state index contributed by atoms with van der Waals surface area (Å²) in [6, 6.07) is 9.81. The van der Waals surface area contributed by atoms with E-state index in [4.69, 9.17) is 20.8 Å². The van der Waals surface area contributed by atoms with Crippen molar-refractivity contribution in [1.29, 1.82) is 0 Å². The standard InChI is InChI=1S/C19H25ClN4O2.HI/c1-3-21-19(22-12-16-5-4-10-26-16)23-15-8-9-24(13-15)17-11-14(20)6-7-18(17)25-2;/h4-7,10-11,15H,3,8-9,12-13H2,1-2H3,(H2,21,22,23);1H. The molecule has 3 rings (SSSR count). The first-order valence-corrected chi connectivity index (χ1v) is 9.23. The van der Waals surface area contributed by atoms with Gasteiger partial charge in [-0.25, -0.2) is 4.99 Å². The number of aliphatic imine (C=N–C) groups is 1. The molecule has 1 fully saturated rings. The van der Waals surface area contributed by atoms with Crippen LogP contribution in [0.15, 0.2) is 46.0 Å². The van der Waals surface area contributed by atoms with E-state index in [9.17, 15) is 0 Å². The van der Waals surface area contributed by atoms with E-state index in [1.165, 1.54) is 0 Å². The van der Waals surface area contributed by atoms with Gasteiger partial charge in [-0.3, -0.25) is 0 Å². The monoisotopic (exact) mass is 504 g/mol. The number of nitrogens with one attached hydrogen (secondary N) is 2. The molecule has 1 atom stereocenters. The molecule has 0 aliphatic carbocycles. The molecule has 0 radical (unpaired) electrons. The number of methoxy groups -OCH3 is 1. The summed E-state index contributed by atoms with van der Waals surface area (Å²) >= 11 is 6.17. The molecule has 148 valence electrons. The molecule has 2 N–H and O–H groups in total. The highest BCUT2D eigenvalue weighted by molar-refractivity contribution is 14.0. The largest absolute Gasteiger partial charge is 0.495 e. The van der Waals surface area contributed by atoms with Gasteiger partial charge in [0.05, 0.1) is 19.1 Å². The van der Waals surface area contributed by atoms with Gasteiger partial charge in [-0.05, 0) is 43.7 Å². The highest BCUT2D eigenvalue weighted by atomic mass is 127. The van der Waals surface area contributed by atoms with E-state index in [2.05, 4.69) is 27.4 Å². The second-order valence-corrected chi connectivity index (χ2v) is 6.60. The van der Waals surface area contributed by atoms with E-state index in [1.807, 2.05) is 30.3 Å². The average Bonchev–Trinajstić information content (AvgIpc) is 3.32. The molecule has 1 aliphatic rings. The van der Waals surface area contributed by atoms with Crippen LogP contribution in [0.3, 0.4) is 0 Å². The lowest BCUT2D eigenvalue weighted by molar-refractivity contribution is 0.415. The van der Waals surface area contributed by atoms with E-state index >= 15 is 0 Å². The molecule has 2 aromatic rings. The van der Waals surface area contributed by atoms with Gasteiger partial charge < -0.3 is 24.7 Å². The zero-order valence-electron chi connectivity index (χ0n) is 15.6. The summed E-state index contributed by atoms with van der Waals surface area (Å²) in [6.07, 6.45) is 2.68. The molecule has 1 saturated heterocycles. The number of hydrogen-bond acceptors (Lipinski definition) is 4. The maximum Gasteiger partial charge on any atom is 0.191 e. The Morgan fingerprint density at radius 2 is 2.26 bits per heavy atom. The third kappa shape index (κ3) is 5.93. The fraction of sp³-hybridized carbons (Fsp3) is 0.421. The second kappa shape index (κ2) is 10.7. The minimum absolute atomic E-state index is 0. The number of furan rings is 1. The van der Waals surface area contributed by atoms with E-state index in [0.717, 1.165) is 49.2 Å². The molecule has 1 unspecified atom stereocenters. The molecule has 27 heavy (non-hydrogen) atoms. The molecule has 2 heterocycles. The molecule has 1 aromatic heterocycles. The lowest BCUT2D eigenvalue weighted by Gasteiger charge is -2.22. The van der Waals surface area contributed by atoms with Crippen LogP contribution in [0.25, 0.3) is 0 Å². The molecule has 1 aromatic carbocycles. The summed E-state index contributed by atoms with van der Waals surface area (Å²) in [4.78, 5) is 6.89. The van der Waals surface area contributed by atoms with Crippen molar-refractivity contribution in [2.45, 2.75) is 25.9 Å². The second-order valence-electron chi connectivity index (χ2n) is 6.17. The van der Waals surface area contributed by atoms with Gasteiger partial charge in [0.2, 0.25) is 0 Å². The van der Waals surface area contributed by atoms with Crippen LogP contribution in [0, 0.1) is 0 Å². The Morgan fingerprint density at radius 3 is 2.96 bits per heavy atom. The number of rotatable bonds is 6. The van der Waals surface area contributed by atoms with E-state index in [0.29, 0.717) is 17.6 Å². The topological polar surface area (TPSA) is 62.0 Å². The number of anilines is 1. The fourth-order valence-corrected chi connectivity index (χ4v) is 3.25. The van der Waals surface area contributed by atoms with Crippen molar-refractivity contribution in [2.24, 2.45) is 4.99 Å².